The molecule has 0 aliphatic rings. The number of halogens is 4. The monoisotopic (exact) mass is 305 g/mol. The van der Waals surface area contributed by atoms with Crippen molar-refractivity contribution in [1.82, 2.24) is 9.59 Å². The van der Waals surface area contributed by atoms with Crippen LogP contribution in [0.2, 0.25) is 0 Å². The number of carbonyl (C=O) groups is 1. The molecule has 0 atom stereocenters. The molecular formula is C11H7F4N3OS. The molecule has 106 valence electrons. The van der Waals surface area contributed by atoms with Crippen molar-refractivity contribution in [1.29, 1.82) is 0 Å². The molecule has 1 N–H and O–H groups in total. The van der Waals surface area contributed by atoms with Crippen molar-refractivity contribution in [3.8, 4) is 0 Å². The first kappa shape index (κ1) is 14.4. The maximum atomic E-state index is 12.5. The summed E-state index contributed by atoms with van der Waals surface area (Å²) in [5.41, 5.74) is -0.750. The van der Waals surface area contributed by atoms with E-state index in [2.05, 4.69) is 14.9 Å². The van der Waals surface area contributed by atoms with Gasteiger partial charge in [0.05, 0.1) is 5.56 Å². The third-order valence-electron chi connectivity index (χ3n) is 2.36. The van der Waals surface area contributed by atoms with Gasteiger partial charge in [-0.15, -0.1) is 5.10 Å². The van der Waals surface area contributed by atoms with Gasteiger partial charge in [-0.3, -0.25) is 4.79 Å². The Bertz CT molecular complexity index is 609. The van der Waals surface area contributed by atoms with Crippen molar-refractivity contribution >= 4 is 23.1 Å². The molecule has 0 aliphatic carbocycles. The Morgan fingerprint density at radius 1 is 1.25 bits per heavy atom. The van der Waals surface area contributed by atoms with Crippen LogP contribution in [0.4, 0.5) is 23.2 Å². The van der Waals surface area contributed by atoms with Gasteiger partial charge >= 0.3 is 6.18 Å². The minimum absolute atomic E-state index is 0.00704. The highest BCUT2D eigenvalue weighted by molar-refractivity contribution is 7.08. The fourth-order valence-electron chi connectivity index (χ4n) is 1.40. The summed E-state index contributed by atoms with van der Waals surface area (Å²) in [5, 5.41) is 5.78. The molecule has 0 unspecified atom stereocenters. The third kappa shape index (κ3) is 3.10. The number of benzene rings is 1. The van der Waals surface area contributed by atoms with Crippen molar-refractivity contribution in [2.24, 2.45) is 0 Å². The molecule has 4 nitrogen and oxygen atoms in total. The molecule has 9 heteroatoms. The summed E-state index contributed by atoms with van der Waals surface area (Å²) in [6.45, 7) is -0.938. The fourth-order valence-corrected chi connectivity index (χ4v) is 1.95. The number of carbonyl (C=O) groups excluding carboxylic acids is 1. The molecule has 1 heterocycles. The highest BCUT2D eigenvalue weighted by Crippen LogP contribution is 2.29. The molecule has 2 aromatic rings. The number of nitrogens with zero attached hydrogens (tertiary/aromatic N) is 2. The number of amides is 1. The average molecular weight is 305 g/mol. The van der Waals surface area contributed by atoms with Crippen molar-refractivity contribution < 1.29 is 22.4 Å². The Morgan fingerprint density at radius 2 is 1.90 bits per heavy atom. The van der Waals surface area contributed by atoms with Crippen LogP contribution < -0.4 is 5.32 Å². The molecule has 0 bridgehead atoms. The molecule has 0 radical (unpaired) electrons. The number of alkyl halides is 4. The van der Waals surface area contributed by atoms with E-state index in [0.29, 0.717) is 11.5 Å². The van der Waals surface area contributed by atoms with E-state index in [1.165, 1.54) is 0 Å². The summed E-state index contributed by atoms with van der Waals surface area (Å²) in [6.07, 6.45) is -4.44. The van der Waals surface area contributed by atoms with Crippen LogP contribution in [0.25, 0.3) is 0 Å². The van der Waals surface area contributed by atoms with Crippen molar-refractivity contribution in [3.63, 3.8) is 0 Å². The number of hydrogen-bond donors (Lipinski definition) is 1. The maximum Gasteiger partial charge on any atom is 0.416 e. The highest BCUT2D eigenvalue weighted by atomic mass is 32.1. The van der Waals surface area contributed by atoms with E-state index in [-0.39, 0.29) is 16.3 Å². The molecule has 0 spiro atoms. The molecule has 20 heavy (non-hydrogen) atoms. The lowest BCUT2D eigenvalue weighted by molar-refractivity contribution is -0.137. The minimum atomic E-state index is -4.44. The second-order valence-electron chi connectivity index (χ2n) is 3.71. The third-order valence-corrected chi connectivity index (χ3v) is 3.13. The molecule has 2 rings (SSSR count). The van der Waals surface area contributed by atoms with Crippen LogP contribution in [0.15, 0.2) is 24.3 Å². The molecule has 0 aliphatic heterocycles. The zero-order valence-corrected chi connectivity index (χ0v) is 10.6. The maximum absolute atomic E-state index is 12.5. The van der Waals surface area contributed by atoms with E-state index in [0.717, 1.165) is 24.3 Å². The quantitative estimate of drug-likeness (QED) is 0.885. The van der Waals surface area contributed by atoms with E-state index in [9.17, 15) is 22.4 Å². The molecule has 0 fully saturated rings. The van der Waals surface area contributed by atoms with Crippen LogP contribution in [0.3, 0.4) is 0 Å². The normalized spacial score (nSPS) is 11.4. The molecule has 1 amide bonds. The first-order valence-electron chi connectivity index (χ1n) is 5.27. The van der Waals surface area contributed by atoms with Crippen LogP contribution in [0.1, 0.15) is 20.9 Å². The number of rotatable bonds is 3. The second kappa shape index (κ2) is 5.53. The summed E-state index contributed by atoms with van der Waals surface area (Å²) < 4.78 is 53.0. The Labute approximate surface area is 114 Å². The van der Waals surface area contributed by atoms with Crippen LogP contribution in [0, 0.1) is 0 Å². The zero-order valence-electron chi connectivity index (χ0n) is 9.74. The van der Waals surface area contributed by atoms with Gasteiger partial charge in [-0.2, -0.15) is 13.2 Å². The van der Waals surface area contributed by atoms with E-state index >= 15 is 0 Å². The SMILES string of the molecule is O=C(Nc1ccc(C(F)(F)F)cc1)c1snnc1CF. The summed E-state index contributed by atoms with van der Waals surface area (Å²) in [5.74, 6) is -0.660. The number of hydrogen-bond acceptors (Lipinski definition) is 4. The van der Waals surface area contributed by atoms with Crippen LogP contribution in [0.5, 0.6) is 0 Å². The van der Waals surface area contributed by atoms with Gasteiger partial charge in [-0.25, -0.2) is 4.39 Å². The molecule has 0 saturated heterocycles. The van der Waals surface area contributed by atoms with Gasteiger partial charge in [0.15, 0.2) is 0 Å². The minimum Gasteiger partial charge on any atom is -0.321 e. The predicted molar refractivity (Wildman–Crippen MR) is 64.1 cm³/mol. The first-order chi connectivity index (χ1) is 9.41. The Balaban J connectivity index is 2.13. The van der Waals surface area contributed by atoms with Gasteiger partial charge in [-0.1, -0.05) is 4.49 Å². The number of anilines is 1. The summed E-state index contributed by atoms with van der Waals surface area (Å²) in [6, 6.07) is 3.92. The summed E-state index contributed by atoms with van der Waals surface area (Å²) >= 11 is 0.716. The predicted octanol–water partition coefficient (Wildman–Crippen LogP) is 3.28. The van der Waals surface area contributed by atoms with Gasteiger partial charge in [0.25, 0.3) is 5.91 Å². The number of aromatic nitrogens is 2. The van der Waals surface area contributed by atoms with Crippen LogP contribution in [-0.4, -0.2) is 15.5 Å². The van der Waals surface area contributed by atoms with Gasteiger partial charge < -0.3 is 5.32 Å². The van der Waals surface area contributed by atoms with Crippen molar-refractivity contribution in [2.45, 2.75) is 12.9 Å². The van der Waals surface area contributed by atoms with Crippen LogP contribution in [-0.2, 0) is 12.9 Å². The topological polar surface area (TPSA) is 54.9 Å². The smallest absolute Gasteiger partial charge is 0.321 e. The average Bonchev–Trinajstić information content (AvgIpc) is 2.86. The molecule has 1 aromatic heterocycles. The summed E-state index contributed by atoms with van der Waals surface area (Å²) in [7, 11) is 0. The van der Waals surface area contributed by atoms with Gasteiger partial charge in [0.2, 0.25) is 0 Å². The standard InChI is InChI=1S/C11H7F4N3OS/c12-5-8-9(20-18-17-8)10(19)16-7-3-1-6(2-4-7)11(13,14)15/h1-4H,5H2,(H,16,19). The lowest BCUT2D eigenvalue weighted by atomic mass is 10.2. The van der Waals surface area contributed by atoms with Gasteiger partial charge in [0.1, 0.15) is 17.2 Å². The Morgan fingerprint density at radius 3 is 2.45 bits per heavy atom. The van der Waals surface area contributed by atoms with Crippen molar-refractivity contribution in [3.05, 3.63) is 40.4 Å². The number of nitrogens with one attached hydrogen (secondary N) is 1. The highest BCUT2D eigenvalue weighted by Gasteiger charge is 2.30. The molecule has 1 aromatic carbocycles. The lowest BCUT2D eigenvalue weighted by Crippen LogP contribution is -2.12. The second-order valence-corrected chi connectivity index (χ2v) is 4.47. The zero-order chi connectivity index (χ0) is 14.8. The van der Waals surface area contributed by atoms with Gasteiger partial charge in [0, 0.05) is 5.69 Å². The summed E-state index contributed by atoms with van der Waals surface area (Å²) in [4.78, 5) is 11.8. The lowest BCUT2D eigenvalue weighted by Gasteiger charge is -2.08. The molecular weight excluding hydrogens is 298 g/mol. The largest absolute Gasteiger partial charge is 0.416 e. The van der Waals surface area contributed by atoms with Crippen molar-refractivity contribution in [2.75, 3.05) is 5.32 Å². The van der Waals surface area contributed by atoms with E-state index in [1.54, 1.807) is 0 Å². The molecule has 0 saturated carbocycles. The van der Waals surface area contributed by atoms with E-state index in [1.807, 2.05) is 0 Å². The van der Waals surface area contributed by atoms with Crippen LogP contribution >= 0.6 is 11.5 Å². The first-order valence-corrected chi connectivity index (χ1v) is 6.05. The van der Waals surface area contributed by atoms with E-state index in [4.69, 9.17) is 0 Å². The Hall–Kier alpha value is -2.03. The Kier molecular flexibility index (Phi) is 3.98. The van der Waals surface area contributed by atoms with E-state index < -0.39 is 24.3 Å². The van der Waals surface area contributed by atoms with Gasteiger partial charge in [-0.05, 0) is 35.8 Å². The fraction of sp³-hybridized carbons (Fsp3) is 0.182.